The van der Waals surface area contributed by atoms with Gasteiger partial charge < -0.3 is 19.6 Å². The fraction of sp³-hybridized carbons (Fsp3) is 0.273. The molecule has 30 heavy (non-hydrogen) atoms. The molecular formula is C22H22F2N2O4. The summed E-state index contributed by atoms with van der Waals surface area (Å²) in [6, 6.07) is 8.27. The first-order valence-electron chi connectivity index (χ1n) is 9.27. The number of amides is 1. The minimum absolute atomic E-state index is 0.0137. The van der Waals surface area contributed by atoms with E-state index in [0.29, 0.717) is 6.54 Å². The third-order valence-corrected chi connectivity index (χ3v) is 4.95. The Morgan fingerprint density at radius 2 is 1.83 bits per heavy atom. The van der Waals surface area contributed by atoms with Crippen molar-refractivity contribution in [1.29, 1.82) is 0 Å². The standard InChI is InChI=1S/C22H22F2N2O4/c1-25(2)10-11-26-19(14-6-4-5-7-15(14)23)18(21(28)22(26)29)20(27)13-8-9-17(30-3)16(24)12-13/h4-9,12,19,27H,10-11H2,1-3H3/b20-18+/t19-/m1/s1. The number of likely N-dealkylation sites (tertiary alicyclic amines) is 1. The average molecular weight is 416 g/mol. The van der Waals surface area contributed by atoms with Crippen LogP contribution in [0, 0.1) is 11.6 Å². The molecule has 3 rings (SSSR count). The van der Waals surface area contributed by atoms with Gasteiger partial charge in [0.1, 0.15) is 11.6 Å². The first kappa shape index (κ1) is 21.4. The van der Waals surface area contributed by atoms with Gasteiger partial charge in [0.25, 0.3) is 11.7 Å². The number of aliphatic hydroxyl groups is 1. The largest absolute Gasteiger partial charge is 0.507 e. The summed E-state index contributed by atoms with van der Waals surface area (Å²) in [5.41, 5.74) is -0.223. The number of likely N-dealkylation sites (N-methyl/N-ethyl adjacent to an activating group) is 1. The monoisotopic (exact) mass is 416 g/mol. The number of methoxy groups -OCH3 is 1. The highest BCUT2D eigenvalue weighted by Gasteiger charge is 2.46. The molecule has 0 radical (unpaired) electrons. The number of rotatable bonds is 6. The number of nitrogens with zero attached hydrogens (tertiary/aromatic N) is 2. The molecule has 0 aliphatic carbocycles. The smallest absolute Gasteiger partial charge is 0.295 e. The Hall–Kier alpha value is -3.26. The SMILES string of the molecule is COc1ccc(/C(O)=C2\C(=O)C(=O)N(CCN(C)C)[C@@H]2c2ccccc2F)cc1F. The molecule has 1 amide bonds. The molecule has 0 bridgehead atoms. The summed E-state index contributed by atoms with van der Waals surface area (Å²) in [7, 11) is 4.90. The average Bonchev–Trinajstić information content (AvgIpc) is 2.96. The van der Waals surface area contributed by atoms with Crippen LogP contribution in [-0.4, -0.2) is 60.9 Å². The Labute approximate surface area is 173 Å². The van der Waals surface area contributed by atoms with E-state index in [4.69, 9.17) is 4.74 Å². The van der Waals surface area contributed by atoms with Crippen LogP contribution in [0.2, 0.25) is 0 Å². The van der Waals surface area contributed by atoms with E-state index in [1.807, 2.05) is 4.90 Å². The van der Waals surface area contributed by atoms with Crippen LogP contribution in [0.3, 0.4) is 0 Å². The van der Waals surface area contributed by atoms with Crippen LogP contribution in [0.25, 0.3) is 5.76 Å². The van der Waals surface area contributed by atoms with E-state index in [-0.39, 0.29) is 29.0 Å². The summed E-state index contributed by atoms with van der Waals surface area (Å²) < 4.78 is 33.6. The third kappa shape index (κ3) is 3.91. The maximum atomic E-state index is 14.6. The highest BCUT2D eigenvalue weighted by molar-refractivity contribution is 6.46. The molecule has 1 aliphatic heterocycles. The molecule has 1 atom stereocenters. The van der Waals surface area contributed by atoms with Gasteiger partial charge in [-0.2, -0.15) is 0 Å². The zero-order valence-corrected chi connectivity index (χ0v) is 16.9. The molecule has 2 aromatic carbocycles. The zero-order valence-electron chi connectivity index (χ0n) is 16.9. The summed E-state index contributed by atoms with van der Waals surface area (Å²) in [5, 5.41) is 10.9. The molecule has 1 heterocycles. The normalized spacial score (nSPS) is 18.3. The Balaban J connectivity index is 2.18. The van der Waals surface area contributed by atoms with Crippen LogP contribution in [0.1, 0.15) is 17.2 Å². The Bertz CT molecular complexity index is 1020. The lowest BCUT2D eigenvalue weighted by molar-refractivity contribution is -0.140. The van der Waals surface area contributed by atoms with Crippen molar-refractivity contribution < 1.29 is 28.2 Å². The van der Waals surface area contributed by atoms with E-state index in [2.05, 4.69) is 0 Å². The van der Waals surface area contributed by atoms with Gasteiger partial charge in [-0.05, 0) is 38.4 Å². The van der Waals surface area contributed by atoms with Crippen molar-refractivity contribution in [1.82, 2.24) is 9.80 Å². The van der Waals surface area contributed by atoms with Crippen molar-refractivity contribution in [3.05, 3.63) is 70.8 Å². The van der Waals surface area contributed by atoms with E-state index in [9.17, 15) is 23.5 Å². The van der Waals surface area contributed by atoms with E-state index in [1.165, 1.54) is 42.3 Å². The number of ether oxygens (including phenoxy) is 1. The molecule has 6 nitrogen and oxygen atoms in total. The lowest BCUT2D eigenvalue weighted by atomic mass is 9.95. The van der Waals surface area contributed by atoms with Crippen LogP contribution < -0.4 is 4.74 Å². The molecule has 0 spiro atoms. The lowest BCUT2D eigenvalue weighted by Crippen LogP contribution is -2.35. The Morgan fingerprint density at radius 1 is 1.13 bits per heavy atom. The van der Waals surface area contributed by atoms with Gasteiger partial charge in [-0.25, -0.2) is 8.78 Å². The van der Waals surface area contributed by atoms with Gasteiger partial charge in [0.15, 0.2) is 11.6 Å². The van der Waals surface area contributed by atoms with Gasteiger partial charge in [0, 0.05) is 24.2 Å². The maximum Gasteiger partial charge on any atom is 0.295 e. The van der Waals surface area contributed by atoms with Crippen LogP contribution in [0.5, 0.6) is 5.75 Å². The van der Waals surface area contributed by atoms with Crippen molar-refractivity contribution in [3.8, 4) is 5.75 Å². The number of aliphatic hydroxyl groups excluding tert-OH is 1. The zero-order chi connectivity index (χ0) is 22.0. The maximum absolute atomic E-state index is 14.6. The van der Waals surface area contributed by atoms with Gasteiger partial charge in [0.2, 0.25) is 0 Å². The molecule has 0 saturated carbocycles. The molecule has 1 saturated heterocycles. The number of carbonyl (C=O) groups excluding carboxylic acids is 2. The third-order valence-electron chi connectivity index (χ3n) is 4.95. The highest BCUT2D eigenvalue weighted by atomic mass is 19.1. The van der Waals surface area contributed by atoms with Crippen molar-refractivity contribution >= 4 is 17.4 Å². The summed E-state index contributed by atoms with van der Waals surface area (Å²) in [6.45, 7) is 0.569. The minimum Gasteiger partial charge on any atom is -0.507 e. The Kier molecular flexibility index (Phi) is 6.17. The number of carbonyl (C=O) groups is 2. The molecule has 2 aromatic rings. The van der Waals surface area contributed by atoms with E-state index >= 15 is 0 Å². The molecule has 1 aliphatic rings. The first-order chi connectivity index (χ1) is 14.3. The number of hydrogen-bond donors (Lipinski definition) is 1. The molecule has 0 aromatic heterocycles. The lowest BCUT2D eigenvalue weighted by Gasteiger charge is -2.26. The van der Waals surface area contributed by atoms with Crippen molar-refractivity contribution in [2.45, 2.75) is 6.04 Å². The second-order valence-electron chi connectivity index (χ2n) is 7.17. The van der Waals surface area contributed by atoms with Crippen molar-refractivity contribution in [3.63, 3.8) is 0 Å². The minimum atomic E-state index is -1.13. The van der Waals surface area contributed by atoms with Crippen LogP contribution in [0.4, 0.5) is 8.78 Å². The number of Topliss-reactive ketones (excluding diaryl/α,β-unsaturated/α-hetero) is 1. The predicted molar refractivity (Wildman–Crippen MR) is 107 cm³/mol. The summed E-state index contributed by atoms with van der Waals surface area (Å²) in [6.07, 6.45) is 0. The molecule has 8 heteroatoms. The van der Waals surface area contributed by atoms with Gasteiger partial charge in [-0.1, -0.05) is 18.2 Å². The van der Waals surface area contributed by atoms with Gasteiger partial charge >= 0.3 is 0 Å². The highest BCUT2D eigenvalue weighted by Crippen LogP contribution is 2.40. The first-order valence-corrected chi connectivity index (χ1v) is 9.27. The molecule has 1 N–H and O–H groups in total. The van der Waals surface area contributed by atoms with E-state index in [1.54, 1.807) is 20.2 Å². The second-order valence-corrected chi connectivity index (χ2v) is 7.17. The van der Waals surface area contributed by atoms with Crippen LogP contribution in [-0.2, 0) is 9.59 Å². The van der Waals surface area contributed by atoms with Crippen LogP contribution in [0.15, 0.2) is 48.0 Å². The van der Waals surface area contributed by atoms with Gasteiger partial charge in [-0.3, -0.25) is 9.59 Å². The van der Waals surface area contributed by atoms with E-state index in [0.717, 1.165) is 6.07 Å². The number of benzene rings is 2. The summed E-state index contributed by atoms with van der Waals surface area (Å²) in [5.74, 6) is -3.77. The van der Waals surface area contributed by atoms with Gasteiger partial charge in [-0.15, -0.1) is 0 Å². The molecule has 0 unspecified atom stereocenters. The number of hydrogen-bond acceptors (Lipinski definition) is 5. The fourth-order valence-corrected chi connectivity index (χ4v) is 3.41. The van der Waals surface area contributed by atoms with Crippen molar-refractivity contribution in [2.24, 2.45) is 0 Å². The topological polar surface area (TPSA) is 70.1 Å². The quantitative estimate of drug-likeness (QED) is 0.446. The summed E-state index contributed by atoms with van der Waals surface area (Å²) >= 11 is 0. The molecule has 1 fully saturated rings. The molecule has 158 valence electrons. The van der Waals surface area contributed by atoms with Crippen molar-refractivity contribution in [2.75, 3.05) is 34.3 Å². The second kappa shape index (κ2) is 8.62. The van der Waals surface area contributed by atoms with Gasteiger partial charge in [0.05, 0.1) is 18.7 Å². The van der Waals surface area contributed by atoms with Crippen LogP contribution >= 0.6 is 0 Å². The molecular weight excluding hydrogens is 394 g/mol. The number of ketones is 1. The summed E-state index contributed by atoms with van der Waals surface area (Å²) in [4.78, 5) is 28.6. The van der Waals surface area contributed by atoms with E-state index < -0.39 is 35.1 Å². The fourth-order valence-electron chi connectivity index (χ4n) is 3.41. The predicted octanol–water partition coefficient (Wildman–Crippen LogP) is 2.96. The number of halogens is 2. The Morgan fingerprint density at radius 3 is 2.43 bits per heavy atom.